The number of pyridine rings is 1. The van der Waals surface area contributed by atoms with E-state index in [1.54, 1.807) is 6.92 Å². The second-order valence-electron chi connectivity index (χ2n) is 6.13. The highest BCUT2D eigenvalue weighted by Gasteiger charge is 2.38. The summed E-state index contributed by atoms with van der Waals surface area (Å²) in [7, 11) is 1.03. The Morgan fingerprint density at radius 3 is 2.52 bits per heavy atom. The number of nitrogens with zero attached hydrogens (tertiary/aromatic N) is 1. The minimum Gasteiger partial charge on any atom is -0.481 e. The van der Waals surface area contributed by atoms with Crippen molar-refractivity contribution < 1.29 is 33.4 Å². The molecule has 0 spiro atoms. The number of esters is 1. The zero-order valence-electron chi connectivity index (χ0n) is 13.9. The van der Waals surface area contributed by atoms with Gasteiger partial charge in [-0.05, 0) is 32.6 Å². The van der Waals surface area contributed by atoms with Crippen LogP contribution in [0.4, 0.5) is 10.1 Å². The third-order valence-corrected chi connectivity index (χ3v) is 4.29. The summed E-state index contributed by atoms with van der Waals surface area (Å²) in [4.78, 5) is 37.5. The highest BCUT2D eigenvalue weighted by molar-refractivity contribution is 6.37. The monoisotopic (exact) mass is 354 g/mol. The number of anilines is 1. The van der Waals surface area contributed by atoms with Gasteiger partial charge in [0.05, 0.1) is 24.4 Å². The van der Waals surface area contributed by atoms with Crippen LogP contribution >= 0.6 is 0 Å². The smallest absolute Gasteiger partial charge is 0.396 e. The molecule has 0 radical (unpaired) electrons. The molecule has 1 amide bonds. The standard InChI is InChI=1S/C16H19FN2O6/c1-16(15(22)23)5-3-9(4-6-16)25-12-7-10(17)11(8-18-12)19-13(20)14(21)24-2/h7-9H,3-6H2,1-2H3,(H,19,20)(H,22,23). The molecule has 136 valence electrons. The lowest BCUT2D eigenvalue weighted by molar-refractivity contribution is -0.150. The van der Waals surface area contributed by atoms with Crippen molar-refractivity contribution in [2.24, 2.45) is 5.41 Å². The number of nitrogens with one attached hydrogen (secondary N) is 1. The molecular weight excluding hydrogens is 335 g/mol. The normalized spacial score (nSPS) is 22.8. The molecule has 2 N–H and O–H groups in total. The van der Waals surface area contributed by atoms with E-state index in [0.717, 1.165) is 19.4 Å². The number of amides is 1. The van der Waals surface area contributed by atoms with E-state index in [1.165, 1.54) is 0 Å². The van der Waals surface area contributed by atoms with Crippen LogP contribution in [0.15, 0.2) is 12.3 Å². The Bertz CT molecular complexity index is 685. The summed E-state index contributed by atoms with van der Waals surface area (Å²) in [6, 6.07) is 0.998. The lowest BCUT2D eigenvalue weighted by Gasteiger charge is -2.33. The Morgan fingerprint density at radius 2 is 2.00 bits per heavy atom. The highest BCUT2D eigenvalue weighted by atomic mass is 19.1. The topological polar surface area (TPSA) is 115 Å². The maximum absolute atomic E-state index is 14.0. The summed E-state index contributed by atoms with van der Waals surface area (Å²) in [6.45, 7) is 1.70. The van der Waals surface area contributed by atoms with Crippen LogP contribution in [0.2, 0.25) is 0 Å². The van der Waals surface area contributed by atoms with E-state index in [4.69, 9.17) is 4.74 Å². The quantitative estimate of drug-likeness (QED) is 0.625. The number of aromatic nitrogens is 1. The zero-order chi connectivity index (χ0) is 18.6. The highest BCUT2D eigenvalue weighted by Crippen LogP contribution is 2.37. The van der Waals surface area contributed by atoms with Gasteiger partial charge in [0.2, 0.25) is 5.88 Å². The van der Waals surface area contributed by atoms with Crippen molar-refractivity contribution in [2.75, 3.05) is 12.4 Å². The molecule has 0 bridgehead atoms. The number of hydrogen-bond donors (Lipinski definition) is 2. The summed E-state index contributed by atoms with van der Waals surface area (Å²) in [5.74, 6) is -3.88. The van der Waals surface area contributed by atoms with E-state index < -0.39 is 29.1 Å². The summed E-state index contributed by atoms with van der Waals surface area (Å²) in [6.07, 6.45) is 2.75. The van der Waals surface area contributed by atoms with Gasteiger partial charge >= 0.3 is 17.8 Å². The molecule has 0 atom stereocenters. The lowest BCUT2D eigenvalue weighted by atomic mass is 9.75. The van der Waals surface area contributed by atoms with Gasteiger partial charge < -0.3 is 19.9 Å². The van der Waals surface area contributed by atoms with Crippen LogP contribution in [0.25, 0.3) is 0 Å². The zero-order valence-corrected chi connectivity index (χ0v) is 13.9. The molecule has 0 aliphatic heterocycles. The molecule has 1 aromatic rings. The van der Waals surface area contributed by atoms with E-state index in [0.29, 0.717) is 25.7 Å². The van der Waals surface area contributed by atoms with Gasteiger partial charge in [0.25, 0.3) is 0 Å². The number of carbonyl (C=O) groups is 3. The summed E-state index contributed by atoms with van der Waals surface area (Å²) in [5.41, 5.74) is -1.04. The second-order valence-corrected chi connectivity index (χ2v) is 6.13. The first kappa shape index (κ1) is 18.6. The molecule has 1 aromatic heterocycles. The van der Waals surface area contributed by atoms with Crippen LogP contribution in [-0.2, 0) is 19.1 Å². The number of hydrogen-bond acceptors (Lipinski definition) is 6. The Morgan fingerprint density at radius 1 is 1.36 bits per heavy atom. The van der Waals surface area contributed by atoms with Crippen molar-refractivity contribution in [3.05, 3.63) is 18.1 Å². The predicted molar refractivity (Wildman–Crippen MR) is 83.5 cm³/mol. The number of carbonyl (C=O) groups excluding carboxylic acids is 2. The lowest BCUT2D eigenvalue weighted by Crippen LogP contribution is -2.36. The van der Waals surface area contributed by atoms with Gasteiger partial charge in [0.1, 0.15) is 6.10 Å². The minimum absolute atomic E-state index is 0.0255. The first-order chi connectivity index (χ1) is 11.7. The molecule has 1 aliphatic rings. The fourth-order valence-corrected chi connectivity index (χ4v) is 2.57. The SMILES string of the molecule is COC(=O)C(=O)Nc1cnc(OC2CCC(C)(C(=O)O)CC2)cc1F. The fourth-order valence-electron chi connectivity index (χ4n) is 2.57. The molecule has 8 nitrogen and oxygen atoms in total. The molecule has 1 fully saturated rings. The van der Waals surface area contributed by atoms with Crippen LogP contribution in [0.1, 0.15) is 32.6 Å². The maximum atomic E-state index is 14.0. The van der Waals surface area contributed by atoms with Crippen molar-refractivity contribution in [1.29, 1.82) is 0 Å². The summed E-state index contributed by atoms with van der Waals surface area (Å²) < 4.78 is 23.8. The summed E-state index contributed by atoms with van der Waals surface area (Å²) in [5, 5.41) is 11.2. The predicted octanol–water partition coefficient (Wildman–Crippen LogP) is 1.74. The van der Waals surface area contributed by atoms with Crippen molar-refractivity contribution in [3.63, 3.8) is 0 Å². The van der Waals surface area contributed by atoms with Crippen LogP contribution in [0.5, 0.6) is 5.88 Å². The largest absolute Gasteiger partial charge is 0.481 e. The minimum atomic E-state index is -1.15. The second kappa shape index (κ2) is 7.45. The van der Waals surface area contributed by atoms with Crippen LogP contribution in [-0.4, -0.2) is 41.2 Å². The summed E-state index contributed by atoms with van der Waals surface area (Å²) >= 11 is 0. The van der Waals surface area contributed by atoms with E-state index in [1.807, 2.05) is 5.32 Å². The number of methoxy groups -OCH3 is 1. The molecule has 1 aliphatic carbocycles. The molecular formula is C16H19FN2O6. The van der Waals surface area contributed by atoms with Gasteiger partial charge in [-0.25, -0.2) is 14.2 Å². The average molecular weight is 354 g/mol. The van der Waals surface area contributed by atoms with E-state index in [2.05, 4.69) is 9.72 Å². The molecule has 25 heavy (non-hydrogen) atoms. The van der Waals surface area contributed by atoms with Crippen molar-refractivity contribution in [3.8, 4) is 5.88 Å². The molecule has 9 heteroatoms. The van der Waals surface area contributed by atoms with Crippen molar-refractivity contribution in [2.45, 2.75) is 38.7 Å². The van der Waals surface area contributed by atoms with Crippen LogP contribution < -0.4 is 10.1 Å². The molecule has 1 saturated carbocycles. The number of aliphatic carboxylic acids is 1. The number of carboxylic acids is 1. The maximum Gasteiger partial charge on any atom is 0.396 e. The first-order valence-electron chi connectivity index (χ1n) is 7.70. The molecule has 2 rings (SSSR count). The van der Waals surface area contributed by atoms with Gasteiger partial charge in [-0.15, -0.1) is 0 Å². The number of rotatable bonds is 4. The van der Waals surface area contributed by atoms with Gasteiger partial charge in [0.15, 0.2) is 5.82 Å². The molecule has 0 aromatic carbocycles. The van der Waals surface area contributed by atoms with Gasteiger partial charge in [-0.3, -0.25) is 9.59 Å². The molecule has 1 heterocycles. The van der Waals surface area contributed by atoms with Gasteiger partial charge in [-0.1, -0.05) is 0 Å². The number of halogens is 1. The Labute approximate surface area is 143 Å². The van der Waals surface area contributed by atoms with Crippen molar-refractivity contribution in [1.82, 2.24) is 4.98 Å². The van der Waals surface area contributed by atoms with Crippen LogP contribution in [0, 0.1) is 11.2 Å². The third-order valence-electron chi connectivity index (χ3n) is 4.29. The molecule has 0 unspecified atom stereocenters. The Hall–Kier alpha value is -2.71. The van der Waals surface area contributed by atoms with Crippen LogP contribution in [0.3, 0.4) is 0 Å². The average Bonchev–Trinajstić information content (AvgIpc) is 2.58. The van der Waals surface area contributed by atoms with Gasteiger partial charge in [-0.2, -0.15) is 0 Å². The number of carboxylic acid groups (broad SMARTS) is 1. The Balaban J connectivity index is 1.96. The van der Waals surface area contributed by atoms with E-state index >= 15 is 0 Å². The third kappa shape index (κ3) is 4.43. The fraction of sp³-hybridized carbons (Fsp3) is 0.500. The molecule has 0 saturated heterocycles. The van der Waals surface area contributed by atoms with E-state index in [9.17, 15) is 23.9 Å². The first-order valence-corrected chi connectivity index (χ1v) is 7.70. The van der Waals surface area contributed by atoms with Crippen molar-refractivity contribution >= 4 is 23.5 Å². The van der Waals surface area contributed by atoms with E-state index in [-0.39, 0.29) is 17.7 Å². The number of ether oxygens (including phenoxy) is 2. The van der Waals surface area contributed by atoms with Gasteiger partial charge in [0, 0.05) is 6.07 Å². The Kier molecular flexibility index (Phi) is 5.55.